The number of thiazole rings is 1. The fraction of sp³-hybridized carbons (Fsp3) is 0.353. The Morgan fingerprint density at radius 2 is 2.24 bits per heavy atom. The number of carbonyl (C=O) groups is 2. The van der Waals surface area contributed by atoms with Crippen LogP contribution in [-0.4, -0.2) is 47.1 Å². The van der Waals surface area contributed by atoms with Gasteiger partial charge in [0.05, 0.1) is 19.2 Å². The summed E-state index contributed by atoms with van der Waals surface area (Å²) in [7, 11) is 1.60. The molecule has 134 valence electrons. The highest BCUT2D eigenvalue weighted by Gasteiger charge is 2.20. The third kappa shape index (κ3) is 5.75. The van der Waals surface area contributed by atoms with E-state index in [1.165, 1.54) is 11.3 Å². The average Bonchev–Trinajstić information content (AvgIpc) is 3.06. The molecule has 1 amide bonds. The van der Waals surface area contributed by atoms with Gasteiger partial charge in [-0.3, -0.25) is 4.79 Å². The number of ether oxygens (including phenoxy) is 1. The molecule has 2 N–H and O–H groups in total. The molecule has 0 unspecified atom stereocenters. The van der Waals surface area contributed by atoms with Gasteiger partial charge in [0.15, 0.2) is 0 Å². The average molecular weight is 380 g/mol. The number of hydrogen-bond acceptors (Lipinski definition) is 6. The van der Waals surface area contributed by atoms with Crippen LogP contribution in [0.4, 0.5) is 0 Å². The molecule has 0 fully saturated rings. The summed E-state index contributed by atoms with van der Waals surface area (Å²) in [6.07, 6.45) is 2.36. The maximum atomic E-state index is 12.1. The van der Waals surface area contributed by atoms with E-state index in [9.17, 15) is 9.59 Å². The summed E-state index contributed by atoms with van der Waals surface area (Å²) in [5.41, 5.74) is 1.54. The number of carboxylic acid groups (broad SMARTS) is 1. The zero-order chi connectivity index (χ0) is 18.2. The van der Waals surface area contributed by atoms with E-state index < -0.39 is 12.0 Å². The number of carbonyl (C=O) groups excluding carboxylic acids is 1. The predicted octanol–water partition coefficient (Wildman–Crippen LogP) is 2.68. The van der Waals surface area contributed by atoms with E-state index in [0.29, 0.717) is 17.9 Å². The summed E-state index contributed by atoms with van der Waals surface area (Å²) in [6.45, 7) is 0. The third-order valence-electron chi connectivity index (χ3n) is 3.45. The first kappa shape index (κ1) is 19.3. The molecule has 1 atom stereocenters. The van der Waals surface area contributed by atoms with Crippen molar-refractivity contribution in [1.29, 1.82) is 0 Å². The van der Waals surface area contributed by atoms with E-state index in [2.05, 4.69) is 10.3 Å². The fourth-order valence-corrected chi connectivity index (χ4v) is 3.47. The predicted molar refractivity (Wildman–Crippen MR) is 100 cm³/mol. The van der Waals surface area contributed by atoms with Crippen molar-refractivity contribution in [3.05, 3.63) is 35.3 Å². The van der Waals surface area contributed by atoms with Gasteiger partial charge in [-0.2, -0.15) is 11.8 Å². The lowest BCUT2D eigenvalue weighted by atomic mass is 10.2. The van der Waals surface area contributed by atoms with Gasteiger partial charge in [0.1, 0.15) is 16.8 Å². The normalized spacial score (nSPS) is 11.8. The van der Waals surface area contributed by atoms with E-state index in [4.69, 9.17) is 9.84 Å². The molecule has 1 aromatic heterocycles. The zero-order valence-corrected chi connectivity index (χ0v) is 15.7. The number of carboxylic acids is 1. The standard InChI is InChI=1S/C17H20N2O4S2/c1-23-13-5-3-4-11(8-13)16-18-12(10-25-16)9-15(20)19-14(17(21)22)6-7-24-2/h3-5,8,10,14H,6-7,9H2,1-2H3,(H,19,20)(H,21,22)/t14-/m0/s1. The second-order valence-corrected chi connectivity index (χ2v) is 7.14. The summed E-state index contributed by atoms with van der Waals surface area (Å²) in [4.78, 5) is 27.8. The lowest BCUT2D eigenvalue weighted by molar-refractivity contribution is -0.141. The number of hydrogen-bond donors (Lipinski definition) is 2. The Bertz CT molecular complexity index is 733. The van der Waals surface area contributed by atoms with Gasteiger partial charge in [0.2, 0.25) is 5.91 Å². The number of aromatic nitrogens is 1. The molecule has 0 radical (unpaired) electrons. The van der Waals surface area contributed by atoms with Crippen LogP contribution in [0, 0.1) is 0 Å². The maximum absolute atomic E-state index is 12.1. The Hall–Kier alpha value is -2.06. The van der Waals surface area contributed by atoms with Crippen LogP contribution in [0.5, 0.6) is 5.75 Å². The highest BCUT2D eigenvalue weighted by Crippen LogP contribution is 2.27. The highest BCUT2D eigenvalue weighted by molar-refractivity contribution is 7.98. The van der Waals surface area contributed by atoms with Gasteiger partial charge in [-0.25, -0.2) is 9.78 Å². The van der Waals surface area contributed by atoms with Crippen LogP contribution in [0.25, 0.3) is 10.6 Å². The minimum absolute atomic E-state index is 0.0590. The van der Waals surface area contributed by atoms with Gasteiger partial charge in [0, 0.05) is 10.9 Å². The van der Waals surface area contributed by atoms with Crippen LogP contribution < -0.4 is 10.1 Å². The topological polar surface area (TPSA) is 88.5 Å². The van der Waals surface area contributed by atoms with E-state index in [1.54, 1.807) is 18.9 Å². The van der Waals surface area contributed by atoms with E-state index in [1.807, 2.05) is 35.9 Å². The van der Waals surface area contributed by atoms with Gasteiger partial charge < -0.3 is 15.2 Å². The number of amides is 1. The molecule has 0 saturated carbocycles. The van der Waals surface area contributed by atoms with Gasteiger partial charge >= 0.3 is 5.97 Å². The Morgan fingerprint density at radius 3 is 2.92 bits per heavy atom. The monoisotopic (exact) mass is 380 g/mol. The molecule has 1 heterocycles. The van der Waals surface area contributed by atoms with Crippen molar-refractivity contribution in [1.82, 2.24) is 10.3 Å². The Kier molecular flexibility index (Phi) is 7.27. The second-order valence-electron chi connectivity index (χ2n) is 5.29. The molecule has 0 aliphatic rings. The number of rotatable bonds is 9. The molecule has 2 rings (SSSR count). The Labute approximate surface area is 154 Å². The molecule has 0 saturated heterocycles. The molecule has 25 heavy (non-hydrogen) atoms. The quantitative estimate of drug-likeness (QED) is 0.695. The van der Waals surface area contributed by atoms with Gasteiger partial charge in [-0.15, -0.1) is 11.3 Å². The molecule has 6 nitrogen and oxygen atoms in total. The summed E-state index contributed by atoms with van der Waals surface area (Å²) in [6, 6.07) is 6.67. The van der Waals surface area contributed by atoms with Crippen molar-refractivity contribution in [2.45, 2.75) is 18.9 Å². The number of nitrogens with one attached hydrogen (secondary N) is 1. The first-order chi connectivity index (χ1) is 12.0. The molecule has 0 aliphatic heterocycles. The third-order valence-corrected chi connectivity index (χ3v) is 5.04. The largest absolute Gasteiger partial charge is 0.497 e. The van der Waals surface area contributed by atoms with Crippen molar-refractivity contribution in [2.75, 3.05) is 19.1 Å². The van der Waals surface area contributed by atoms with Crippen molar-refractivity contribution in [3.8, 4) is 16.3 Å². The second kappa shape index (κ2) is 9.43. The lowest BCUT2D eigenvalue weighted by Gasteiger charge is -2.13. The molecular formula is C17H20N2O4S2. The van der Waals surface area contributed by atoms with Gasteiger partial charge in [-0.05, 0) is 30.6 Å². The zero-order valence-electron chi connectivity index (χ0n) is 14.0. The molecule has 0 aliphatic carbocycles. The number of nitrogens with zero attached hydrogens (tertiary/aromatic N) is 1. The van der Waals surface area contributed by atoms with Crippen molar-refractivity contribution >= 4 is 35.0 Å². The molecule has 8 heteroatoms. The van der Waals surface area contributed by atoms with E-state index >= 15 is 0 Å². The van der Waals surface area contributed by atoms with Gasteiger partial charge in [0.25, 0.3) is 0 Å². The number of thioether (sulfide) groups is 1. The van der Waals surface area contributed by atoms with Crippen LogP contribution in [0.15, 0.2) is 29.6 Å². The van der Waals surface area contributed by atoms with Crippen LogP contribution >= 0.6 is 23.1 Å². The number of aliphatic carboxylic acids is 1. The number of methoxy groups -OCH3 is 1. The van der Waals surface area contributed by atoms with Crippen LogP contribution in [0.3, 0.4) is 0 Å². The summed E-state index contributed by atoms with van der Waals surface area (Å²) in [5, 5.41) is 14.3. The van der Waals surface area contributed by atoms with Crippen molar-refractivity contribution in [3.63, 3.8) is 0 Å². The Balaban J connectivity index is 2.00. The van der Waals surface area contributed by atoms with Crippen LogP contribution in [0.1, 0.15) is 12.1 Å². The molecule has 1 aromatic carbocycles. The minimum atomic E-state index is -1.02. The molecule has 0 spiro atoms. The van der Waals surface area contributed by atoms with Crippen LogP contribution in [-0.2, 0) is 16.0 Å². The molecule has 2 aromatic rings. The van der Waals surface area contributed by atoms with E-state index in [0.717, 1.165) is 16.3 Å². The van der Waals surface area contributed by atoms with Crippen molar-refractivity contribution in [2.24, 2.45) is 0 Å². The number of benzene rings is 1. The summed E-state index contributed by atoms with van der Waals surface area (Å²) in [5.74, 6) is 0.0623. The van der Waals surface area contributed by atoms with Crippen molar-refractivity contribution < 1.29 is 19.4 Å². The smallest absolute Gasteiger partial charge is 0.326 e. The molecule has 0 bridgehead atoms. The minimum Gasteiger partial charge on any atom is -0.497 e. The fourth-order valence-electron chi connectivity index (χ4n) is 2.18. The Morgan fingerprint density at radius 1 is 1.44 bits per heavy atom. The maximum Gasteiger partial charge on any atom is 0.326 e. The SMILES string of the molecule is COc1cccc(-c2nc(CC(=O)N[C@@H](CCSC)C(=O)O)cs2)c1. The summed E-state index contributed by atoms with van der Waals surface area (Å²) >= 11 is 2.98. The lowest BCUT2D eigenvalue weighted by Crippen LogP contribution is -2.41. The van der Waals surface area contributed by atoms with Gasteiger partial charge in [-0.1, -0.05) is 12.1 Å². The first-order valence-electron chi connectivity index (χ1n) is 7.63. The first-order valence-corrected chi connectivity index (χ1v) is 9.90. The van der Waals surface area contributed by atoms with Crippen LogP contribution in [0.2, 0.25) is 0 Å². The highest BCUT2D eigenvalue weighted by atomic mass is 32.2. The van der Waals surface area contributed by atoms with E-state index in [-0.39, 0.29) is 12.3 Å². The summed E-state index contributed by atoms with van der Waals surface area (Å²) < 4.78 is 5.20. The molecular weight excluding hydrogens is 360 g/mol.